The van der Waals surface area contributed by atoms with E-state index in [0.717, 1.165) is 23.1 Å². The van der Waals surface area contributed by atoms with Crippen molar-refractivity contribution in [3.8, 4) is 5.75 Å². The molecule has 0 aliphatic carbocycles. The van der Waals surface area contributed by atoms with Gasteiger partial charge in [0.1, 0.15) is 12.4 Å². The highest BCUT2D eigenvalue weighted by molar-refractivity contribution is 7.07. The normalized spacial score (nSPS) is 14.9. The Kier molecular flexibility index (Phi) is 9.63. The molecule has 0 radical (unpaired) electrons. The van der Waals surface area contributed by atoms with Crippen LogP contribution in [-0.2, 0) is 16.1 Å². The molecule has 0 fully saturated rings. The third-order valence-corrected chi connectivity index (χ3v) is 8.71. The van der Waals surface area contributed by atoms with Gasteiger partial charge in [-0.3, -0.25) is 9.36 Å². The number of esters is 1. The molecule has 6 nitrogen and oxygen atoms in total. The molecule has 8 heteroatoms. The van der Waals surface area contributed by atoms with E-state index in [2.05, 4.69) is 26.0 Å². The van der Waals surface area contributed by atoms with Crippen molar-refractivity contribution < 1.29 is 14.3 Å². The number of carbonyl (C=O) groups excluding carboxylic acids is 1. The molecule has 4 aromatic rings. The van der Waals surface area contributed by atoms with Gasteiger partial charge in [0, 0.05) is 16.1 Å². The number of para-hydroxylation sites is 1. The first kappa shape index (κ1) is 30.5. The minimum atomic E-state index is -0.646. The summed E-state index contributed by atoms with van der Waals surface area (Å²) in [5.74, 6) is 0.542. The lowest BCUT2D eigenvalue weighted by Gasteiger charge is -2.26. The standard InChI is InChI=1S/C35H35ClN2O4S/c1-5-11-28-31(34(40)41-6-2)32(24-18-16-23(17-19-24)22(3)4)38-33(39)30(43-35(38)37-28)20-25-12-8-10-15-29(25)42-21-26-13-7-9-14-27(26)36/h7-10,12-20,22,32H,5-6,11,21H2,1-4H3/b30-20+/t32-/m0/s1. The summed E-state index contributed by atoms with van der Waals surface area (Å²) in [6, 6.07) is 22.6. The van der Waals surface area contributed by atoms with E-state index in [-0.39, 0.29) is 12.2 Å². The number of thiazole rings is 1. The molecule has 3 aromatic carbocycles. The maximum Gasteiger partial charge on any atom is 0.338 e. The first-order valence-corrected chi connectivity index (χ1v) is 15.8. The van der Waals surface area contributed by atoms with Gasteiger partial charge in [0.2, 0.25) is 0 Å². The van der Waals surface area contributed by atoms with Crippen molar-refractivity contribution in [2.75, 3.05) is 6.61 Å². The number of carbonyl (C=O) groups is 1. The average molecular weight is 615 g/mol. The van der Waals surface area contributed by atoms with Crippen LogP contribution < -0.4 is 19.6 Å². The Morgan fingerprint density at radius 3 is 2.47 bits per heavy atom. The summed E-state index contributed by atoms with van der Waals surface area (Å²) in [4.78, 5) is 33.0. The van der Waals surface area contributed by atoms with Gasteiger partial charge in [0.15, 0.2) is 4.80 Å². The van der Waals surface area contributed by atoms with Crippen LogP contribution in [0, 0.1) is 0 Å². The maximum absolute atomic E-state index is 14.2. The van der Waals surface area contributed by atoms with E-state index in [1.807, 2.05) is 73.7 Å². The molecule has 1 aromatic heterocycles. The largest absolute Gasteiger partial charge is 0.488 e. The van der Waals surface area contributed by atoms with Crippen molar-refractivity contribution in [2.45, 2.75) is 59.1 Å². The van der Waals surface area contributed by atoms with E-state index in [1.165, 1.54) is 16.9 Å². The number of hydrogen-bond donors (Lipinski definition) is 0. The van der Waals surface area contributed by atoms with Crippen molar-refractivity contribution in [1.82, 2.24) is 4.57 Å². The molecule has 0 saturated carbocycles. The zero-order valence-electron chi connectivity index (χ0n) is 24.8. The Bertz CT molecular complexity index is 1840. The summed E-state index contributed by atoms with van der Waals surface area (Å²) in [6.07, 6.45) is 3.22. The van der Waals surface area contributed by atoms with E-state index in [9.17, 15) is 9.59 Å². The molecule has 0 N–H and O–H groups in total. The zero-order valence-corrected chi connectivity index (χ0v) is 26.4. The molecule has 1 aliphatic heterocycles. The smallest absolute Gasteiger partial charge is 0.338 e. The number of ether oxygens (including phenoxy) is 2. The summed E-state index contributed by atoms with van der Waals surface area (Å²) >= 11 is 7.65. The zero-order chi connectivity index (χ0) is 30.5. The SMILES string of the molecule is CCCC1=C(C(=O)OCC)[C@H](c2ccc(C(C)C)cc2)n2c(s/c(=C/c3ccccc3OCc3ccccc3Cl)c2=O)=N1. The maximum atomic E-state index is 14.2. The second-order valence-corrected chi connectivity index (χ2v) is 12.1. The first-order valence-electron chi connectivity index (χ1n) is 14.6. The lowest BCUT2D eigenvalue weighted by molar-refractivity contribution is -0.139. The predicted octanol–water partition coefficient (Wildman–Crippen LogP) is 6.93. The van der Waals surface area contributed by atoms with Crippen LogP contribution in [0.4, 0.5) is 0 Å². The molecule has 1 atom stereocenters. The van der Waals surface area contributed by atoms with Gasteiger partial charge in [0.05, 0.1) is 28.5 Å². The highest BCUT2D eigenvalue weighted by atomic mass is 35.5. The molecule has 0 unspecified atom stereocenters. The number of rotatable bonds is 10. The molecule has 5 rings (SSSR count). The average Bonchev–Trinajstić information content (AvgIpc) is 3.31. The van der Waals surface area contributed by atoms with E-state index in [4.69, 9.17) is 26.1 Å². The summed E-state index contributed by atoms with van der Waals surface area (Å²) in [5.41, 5.74) is 4.51. The number of hydrogen-bond acceptors (Lipinski definition) is 6. The van der Waals surface area contributed by atoms with Crippen LogP contribution in [0.2, 0.25) is 5.02 Å². The fraction of sp³-hybridized carbons (Fsp3) is 0.286. The van der Waals surface area contributed by atoms with E-state index < -0.39 is 12.0 Å². The van der Waals surface area contributed by atoms with Crippen LogP contribution in [0.3, 0.4) is 0 Å². The van der Waals surface area contributed by atoms with Crippen LogP contribution in [0.25, 0.3) is 6.08 Å². The summed E-state index contributed by atoms with van der Waals surface area (Å²) in [7, 11) is 0. The predicted molar refractivity (Wildman–Crippen MR) is 172 cm³/mol. The Balaban J connectivity index is 1.64. The fourth-order valence-electron chi connectivity index (χ4n) is 5.14. The Morgan fingerprint density at radius 2 is 1.77 bits per heavy atom. The topological polar surface area (TPSA) is 69.9 Å². The van der Waals surface area contributed by atoms with Gasteiger partial charge in [0.25, 0.3) is 5.56 Å². The van der Waals surface area contributed by atoms with Crippen molar-refractivity contribution in [1.29, 1.82) is 0 Å². The number of aromatic nitrogens is 1. The minimum absolute atomic E-state index is 0.222. The summed E-state index contributed by atoms with van der Waals surface area (Å²) in [5, 5.41) is 0.634. The molecule has 1 aliphatic rings. The Labute approximate surface area is 260 Å². The molecule has 222 valence electrons. The second-order valence-electron chi connectivity index (χ2n) is 10.7. The van der Waals surface area contributed by atoms with Gasteiger partial charge in [-0.15, -0.1) is 0 Å². The number of nitrogens with zero attached hydrogens (tertiary/aromatic N) is 2. The van der Waals surface area contributed by atoms with E-state index in [1.54, 1.807) is 11.5 Å². The molecule has 0 spiro atoms. The molecular formula is C35H35ClN2O4S. The lowest BCUT2D eigenvalue weighted by atomic mass is 9.92. The minimum Gasteiger partial charge on any atom is -0.488 e. The van der Waals surface area contributed by atoms with E-state index >= 15 is 0 Å². The number of fused-ring (bicyclic) bond motifs is 1. The monoisotopic (exact) mass is 614 g/mol. The van der Waals surface area contributed by atoms with E-state index in [0.29, 0.717) is 50.3 Å². The van der Waals surface area contributed by atoms with Gasteiger partial charge in [-0.25, -0.2) is 9.79 Å². The van der Waals surface area contributed by atoms with Crippen LogP contribution in [0.5, 0.6) is 5.75 Å². The fourth-order valence-corrected chi connectivity index (χ4v) is 6.34. The molecule has 2 heterocycles. The van der Waals surface area contributed by atoms with Crippen molar-refractivity contribution >= 4 is 35.0 Å². The molecule has 0 saturated heterocycles. The third kappa shape index (κ3) is 6.53. The van der Waals surface area contributed by atoms with Gasteiger partial charge in [-0.2, -0.15) is 0 Å². The molecule has 0 amide bonds. The second kappa shape index (κ2) is 13.6. The highest BCUT2D eigenvalue weighted by Crippen LogP contribution is 2.33. The number of halogens is 1. The third-order valence-electron chi connectivity index (χ3n) is 7.36. The van der Waals surface area contributed by atoms with Crippen LogP contribution in [-0.4, -0.2) is 17.1 Å². The van der Waals surface area contributed by atoms with Gasteiger partial charge in [-0.05, 0) is 48.6 Å². The summed E-state index contributed by atoms with van der Waals surface area (Å²) < 4.78 is 13.8. The van der Waals surface area contributed by atoms with Gasteiger partial charge in [-0.1, -0.05) is 111 Å². The first-order chi connectivity index (χ1) is 20.8. The molecule has 43 heavy (non-hydrogen) atoms. The van der Waals surface area contributed by atoms with Crippen LogP contribution in [0.15, 0.2) is 93.9 Å². The van der Waals surface area contributed by atoms with Gasteiger partial charge < -0.3 is 9.47 Å². The Morgan fingerprint density at radius 1 is 1.05 bits per heavy atom. The summed E-state index contributed by atoms with van der Waals surface area (Å²) in [6.45, 7) is 8.63. The molecule has 0 bridgehead atoms. The number of benzene rings is 3. The number of allylic oxidation sites excluding steroid dienone is 1. The van der Waals surface area contributed by atoms with Gasteiger partial charge >= 0.3 is 5.97 Å². The quantitative estimate of drug-likeness (QED) is 0.182. The lowest BCUT2D eigenvalue weighted by Crippen LogP contribution is -2.40. The highest BCUT2D eigenvalue weighted by Gasteiger charge is 2.34. The molecular weight excluding hydrogens is 580 g/mol. The van der Waals surface area contributed by atoms with Crippen LogP contribution >= 0.6 is 22.9 Å². The van der Waals surface area contributed by atoms with Crippen molar-refractivity contribution in [3.63, 3.8) is 0 Å². The Hall–Kier alpha value is -3.94. The van der Waals surface area contributed by atoms with Crippen molar-refractivity contribution in [3.05, 3.63) is 131 Å². The van der Waals surface area contributed by atoms with Crippen molar-refractivity contribution in [2.24, 2.45) is 4.99 Å². The van der Waals surface area contributed by atoms with Crippen LogP contribution in [0.1, 0.15) is 74.8 Å².